The van der Waals surface area contributed by atoms with E-state index in [0.717, 1.165) is 21.0 Å². The van der Waals surface area contributed by atoms with Crippen LogP contribution in [0.4, 0.5) is 11.5 Å². The van der Waals surface area contributed by atoms with Gasteiger partial charge in [-0.05, 0) is 55.0 Å². The molecule has 0 fully saturated rings. The number of anilines is 2. The van der Waals surface area contributed by atoms with Crippen molar-refractivity contribution in [1.29, 1.82) is 0 Å². The van der Waals surface area contributed by atoms with Crippen LogP contribution in [0.1, 0.15) is 19.4 Å². The van der Waals surface area contributed by atoms with Gasteiger partial charge in [0.15, 0.2) is 5.65 Å². The first kappa shape index (κ1) is 27.0. The lowest BCUT2D eigenvalue weighted by Gasteiger charge is -2.26. The first-order valence-corrected chi connectivity index (χ1v) is 13.3. The minimum Gasteiger partial charge on any atom is -0.494 e. The fraction of sp³-hybridized carbons (Fsp3) is 0.258. The minimum absolute atomic E-state index is 0.0853. The van der Waals surface area contributed by atoms with Crippen LogP contribution in [0.2, 0.25) is 0 Å². The van der Waals surface area contributed by atoms with E-state index in [1.165, 1.54) is 11.6 Å². The topological polar surface area (TPSA) is 105 Å². The zero-order valence-corrected chi connectivity index (χ0v) is 23.4. The molecule has 40 heavy (non-hydrogen) atoms. The second-order valence-corrected chi connectivity index (χ2v) is 9.51. The fourth-order valence-electron chi connectivity index (χ4n) is 5.13. The fourth-order valence-corrected chi connectivity index (χ4v) is 5.13. The van der Waals surface area contributed by atoms with Crippen LogP contribution in [0.15, 0.2) is 70.3 Å². The van der Waals surface area contributed by atoms with Crippen molar-refractivity contribution in [2.24, 2.45) is 19.8 Å². The third-order valence-corrected chi connectivity index (χ3v) is 7.14. The maximum atomic E-state index is 13.7. The molecule has 0 aliphatic rings. The van der Waals surface area contributed by atoms with E-state index >= 15 is 0 Å². The van der Waals surface area contributed by atoms with Gasteiger partial charge in [0.25, 0.3) is 5.56 Å². The van der Waals surface area contributed by atoms with Gasteiger partial charge in [0.2, 0.25) is 0 Å². The van der Waals surface area contributed by atoms with Gasteiger partial charge in [-0.1, -0.05) is 30.3 Å². The lowest BCUT2D eigenvalue weighted by atomic mass is 9.95. The molecular formula is C31H33N5O4. The number of aromatic nitrogens is 3. The molecule has 0 atom stereocenters. The molecule has 0 unspecified atom stereocenters. The number of ether oxygens (including phenoxy) is 2. The molecule has 0 aliphatic carbocycles. The number of fused-ring (bicyclic) bond motifs is 2. The number of nitrogens with zero attached hydrogens (tertiary/aromatic N) is 4. The summed E-state index contributed by atoms with van der Waals surface area (Å²) in [5.41, 5.74) is 8.51. The molecular weight excluding hydrogens is 506 g/mol. The number of hydrogen-bond acceptors (Lipinski definition) is 7. The smallest absolute Gasteiger partial charge is 0.332 e. The predicted octanol–water partition coefficient (Wildman–Crippen LogP) is 4.48. The number of hydrogen-bond donors (Lipinski definition) is 1. The van der Waals surface area contributed by atoms with Gasteiger partial charge in [-0.15, -0.1) is 0 Å². The van der Waals surface area contributed by atoms with Crippen LogP contribution in [-0.4, -0.2) is 34.4 Å². The summed E-state index contributed by atoms with van der Waals surface area (Å²) in [5.74, 6) is 1.73. The molecule has 5 aromatic rings. The van der Waals surface area contributed by atoms with E-state index in [1.807, 2.05) is 62.2 Å². The molecule has 9 heteroatoms. The van der Waals surface area contributed by atoms with Crippen molar-refractivity contribution >= 4 is 33.3 Å². The summed E-state index contributed by atoms with van der Waals surface area (Å²) < 4.78 is 14.3. The minimum atomic E-state index is -0.469. The molecule has 2 heterocycles. The first-order chi connectivity index (χ1) is 19.3. The van der Waals surface area contributed by atoms with Crippen molar-refractivity contribution in [2.75, 3.05) is 25.2 Å². The highest BCUT2D eigenvalue weighted by Gasteiger charge is 2.26. The predicted molar refractivity (Wildman–Crippen MR) is 160 cm³/mol. The summed E-state index contributed by atoms with van der Waals surface area (Å²) in [6, 6.07) is 19.8. The van der Waals surface area contributed by atoms with Gasteiger partial charge in [0, 0.05) is 50.1 Å². The third kappa shape index (κ3) is 4.48. The van der Waals surface area contributed by atoms with E-state index < -0.39 is 11.2 Å². The van der Waals surface area contributed by atoms with E-state index in [1.54, 1.807) is 7.05 Å². The van der Waals surface area contributed by atoms with E-state index in [4.69, 9.17) is 20.2 Å². The molecule has 2 N–H and O–H groups in total. The normalized spacial score (nSPS) is 11.2. The summed E-state index contributed by atoms with van der Waals surface area (Å²) in [4.78, 5) is 33.6. The van der Waals surface area contributed by atoms with Crippen molar-refractivity contribution in [3.63, 3.8) is 0 Å². The SMILES string of the molecule is CCOc1ccc(OCC)c(-c2c(CN)c(N(C)c3ccc4ccccc4c3)nc3c2c(=O)n(C)c(=O)n3C)c1. The van der Waals surface area contributed by atoms with Gasteiger partial charge in [0.05, 0.1) is 18.6 Å². The van der Waals surface area contributed by atoms with Crippen LogP contribution in [0.25, 0.3) is 32.9 Å². The zero-order valence-electron chi connectivity index (χ0n) is 23.4. The Bertz CT molecular complexity index is 1860. The largest absolute Gasteiger partial charge is 0.494 e. The molecule has 0 bridgehead atoms. The Morgan fingerprint density at radius 3 is 2.33 bits per heavy atom. The molecule has 0 saturated carbocycles. The summed E-state index contributed by atoms with van der Waals surface area (Å²) in [6.07, 6.45) is 0. The standard InChI is InChI=1S/C31H33N5O4/c1-6-39-22-14-15-25(40-7-2)23(17-22)26-24(18-32)28(33-29-27(26)30(37)36(5)31(38)35(29)4)34(3)21-13-12-19-10-8-9-11-20(19)16-21/h8-17H,6-7,18,32H2,1-5H3. The highest BCUT2D eigenvalue weighted by atomic mass is 16.5. The highest BCUT2D eigenvalue weighted by Crippen LogP contribution is 2.42. The lowest BCUT2D eigenvalue weighted by molar-refractivity contribution is 0.331. The number of nitrogens with two attached hydrogens (primary N) is 1. The van der Waals surface area contributed by atoms with Crippen molar-refractivity contribution in [3.8, 4) is 22.6 Å². The Morgan fingerprint density at radius 1 is 0.900 bits per heavy atom. The third-order valence-electron chi connectivity index (χ3n) is 7.14. The van der Waals surface area contributed by atoms with Crippen molar-refractivity contribution in [3.05, 3.63) is 87.1 Å². The molecule has 0 radical (unpaired) electrons. The molecule has 0 amide bonds. The average molecular weight is 540 g/mol. The molecule has 0 saturated heterocycles. The molecule has 3 aromatic carbocycles. The van der Waals surface area contributed by atoms with Crippen molar-refractivity contribution in [1.82, 2.24) is 14.1 Å². The first-order valence-electron chi connectivity index (χ1n) is 13.3. The number of benzene rings is 3. The summed E-state index contributed by atoms with van der Waals surface area (Å²) in [5, 5.41) is 2.48. The lowest BCUT2D eigenvalue weighted by Crippen LogP contribution is -2.38. The van der Waals surface area contributed by atoms with Crippen LogP contribution in [0, 0.1) is 0 Å². The van der Waals surface area contributed by atoms with Gasteiger partial charge in [-0.3, -0.25) is 13.9 Å². The summed E-state index contributed by atoms with van der Waals surface area (Å²) in [7, 11) is 4.98. The summed E-state index contributed by atoms with van der Waals surface area (Å²) >= 11 is 0. The van der Waals surface area contributed by atoms with Crippen molar-refractivity contribution in [2.45, 2.75) is 20.4 Å². The van der Waals surface area contributed by atoms with Gasteiger partial charge < -0.3 is 20.1 Å². The molecule has 9 nitrogen and oxygen atoms in total. The van der Waals surface area contributed by atoms with Crippen LogP contribution < -0.4 is 31.4 Å². The second kappa shape index (κ2) is 10.9. The van der Waals surface area contributed by atoms with E-state index in [0.29, 0.717) is 47.2 Å². The quantitative estimate of drug-likeness (QED) is 0.310. The number of pyridine rings is 1. The highest BCUT2D eigenvalue weighted by molar-refractivity contribution is 5.99. The van der Waals surface area contributed by atoms with E-state index in [-0.39, 0.29) is 17.6 Å². The van der Waals surface area contributed by atoms with Crippen LogP contribution in [0.5, 0.6) is 11.5 Å². The van der Waals surface area contributed by atoms with E-state index in [9.17, 15) is 9.59 Å². The second-order valence-electron chi connectivity index (χ2n) is 9.51. The molecule has 0 spiro atoms. The average Bonchev–Trinajstić information content (AvgIpc) is 2.98. The Balaban J connectivity index is 1.91. The molecule has 0 aliphatic heterocycles. The summed E-state index contributed by atoms with van der Waals surface area (Å²) in [6.45, 7) is 4.78. The van der Waals surface area contributed by atoms with Crippen LogP contribution in [-0.2, 0) is 20.6 Å². The molecule has 2 aromatic heterocycles. The molecule has 5 rings (SSSR count). The van der Waals surface area contributed by atoms with Gasteiger partial charge >= 0.3 is 5.69 Å². The zero-order chi connectivity index (χ0) is 28.6. The Morgan fingerprint density at radius 2 is 1.62 bits per heavy atom. The Kier molecular flexibility index (Phi) is 7.32. The Hall–Kier alpha value is -4.63. The molecule has 206 valence electrons. The van der Waals surface area contributed by atoms with Gasteiger partial charge in [-0.2, -0.15) is 0 Å². The number of rotatable bonds is 8. The van der Waals surface area contributed by atoms with Crippen LogP contribution >= 0.6 is 0 Å². The van der Waals surface area contributed by atoms with Gasteiger partial charge in [-0.25, -0.2) is 9.78 Å². The number of aryl methyl sites for hydroxylation is 1. The van der Waals surface area contributed by atoms with Gasteiger partial charge in [0.1, 0.15) is 17.3 Å². The van der Waals surface area contributed by atoms with Crippen LogP contribution in [0.3, 0.4) is 0 Å². The van der Waals surface area contributed by atoms with Crippen molar-refractivity contribution < 1.29 is 9.47 Å². The maximum Gasteiger partial charge on any atom is 0.332 e. The van der Waals surface area contributed by atoms with E-state index in [2.05, 4.69) is 24.3 Å². The monoisotopic (exact) mass is 539 g/mol. The Labute approximate surface area is 232 Å². The maximum absolute atomic E-state index is 13.7.